The largest absolute Gasteiger partial charge is 0.452 e. The number of carbonyl (C=O) groups excluding carboxylic acids is 3. The van der Waals surface area contributed by atoms with Crippen LogP contribution < -0.4 is 5.32 Å². The van der Waals surface area contributed by atoms with Crippen molar-refractivity contribution >= 4 is 17.8 Å². The zero-order valence-corrected chi connectivity index (χ0v) is 16.5. The topological polar surface area (TPSA) is 75.7 Å². The van der Waals surface area contributed by atoms with Crippen molar-refractivity contribution in [2.24, 2.45) is 0 Å². The number of rotatable bonds is 6. The molecule has 2 fully saturated rings. The molecular weight excluding hydrogens is 356 g/mol. The summed E-state index contributed by atoms with van der Waals surface area (Å²) in [6.45, 7) is 1.11. The fraction of sp³-hybridized carbons (Fsp3) is 0.591. The fourth-order valence-corrected chi connectivity index (χ4v) is 3.92. The van der Waals surface area contributed by atoms with Crippen molar-refractivity contribution in [2.45, 2.75) is 70.4 Å². The maximum absolute atomic E-state index is 12.2. The number of amides is 2. The first-order chi connectivity index (χ1) is 13.6. The van der Waals surface area contributed by atoms with Gasteiger partial charge >= 0.3 is 5.97 Å². The summed E-state index contributed by atoms with van der Waals surface area (Å²) in [6, 6.07) is 7.22. The summed E-state index contributed by atoms with van der Waals surface area (Å²) >= 11 is 0. The van der Waals surface area contributed by atoms with Gasteiger partial charge in [-0.1, -0.05) is 44.2 Å². The van der Waals surface area contributed by atoms with Gasteiger partial charge in [-0.2, -0.15) is 0 Å². The van der Waals surface area contributed by atoms with Crippen LogP contribution in [-0.4, -0.2) is 41.9 Å². The Kier molecular flexibility index (Phi) is 7.46. The molecule has 6 heteroatoms. The van der Waals surface area contributed by atoms with Gasteiger partial charge < -0.3 is 15.0 Å². The normalized spacial score (nSPS) is 18.4. The third-order valence-corrected chi connectivity index (χ3v) is 5.54. The number of ether oxygens (including phenoxy) is 1. The molecule has 2 amide bonds. The van der Waals surface area contributed by atoms with E-state index in [0.717, 1.165) is 44.2 Å². The molecule has 0 atom stereocenters. The number of benzene rings is 1. The van der Waals surface area contributed by atoms with Gasteiger partial charge in [-0.15, -0.1) is 0 Å². The van der Waals surface area contributed by atoms with Gasteiger partial charge in [0.05, 0.1) is 5.56 Å². The number of hydrogen-bond acceptors (Lipinski definition) is 4. The van der Waals surface area contributed by atoms with Crippen LogP contribution in [0.25, 0.3) is 0 Å². The summed E-state index contributed by atoms with van der Waals surface area (Å²) in [6.07, 6.45) is 9.54. The average Bonchev–Trinajstić information content (AvgIpc) is 3.07. The Hall–Kier alpha value is -2.37. The van der Waals surface area contributed by atoms with Crippen LogP contribution in [-0.2, 0) is 20.9 Å². The summed E-state index contributed by atoms with van der Waals surface area (Å²) < 4.78 is 5.16. The first-order valence-corrected chi connectivity index (χ1v) is 10.4. The Labute approximate surface area is 166 Å². The van der Waals surface area contributed by atoms with Crippen LogP contribution in [0, 0.1) is 0 Å². The molecule has 1 N–H and O–H groups in total. The Morgan fingerprint density at radius 2 is 1.68 bits per heavy atom. The van der Waals surface area contributed by atoms with Gasteiger partial charge in [-0.3, -0.25) is 9.59 Å². The molecule has 0 bridgehead atoms. The van der Waals surface area contributed by atoms with E-state index in [9.17, 15) is 14.4 Å². The van der Waals surface area contributed by atoms with E-state index < -0.39 is 5.97 Å². The molecule has 0 spiro atoms. The Bertz CT molecular complexity index is 678. The van der Waals surface area contributed by atoms with Crippen LogP contribution in [0.4, 0.5) is 0 Å². The molecule has 6 nitrogen and oxygen atoms in total. The predicted molar refractivity (Wildman–Crippen MR) is 106 cm³/mol. The molecule has 1 aromatic rings. The highest BCUT2D eigenvalue weighted by Crippen LogP contribution is 2.17. The van der Waals surface area contributed by atoms with E-state index in [4.69, 9.17) is 4.74 Å². The van der Waals surface area contributed by atoms with Crippen LogP contribution >= 0.6 is 0 Å². The van der Waals surface area contributed by atoms with Gasteiger partial charge in [-0.25, -0.2) is 4.79 Å². The van der Waals surface area contributed by atoms with E-state index in [0.29, 0.717) is 18.5 Å². The molecule has 152 valence electrons. The molecule has 1 aliphatic carbocycles. The van der Waals surface area contributed by atoms with E-state index in [1.165, 1.54) is 19.3 Å². The Morgan fingerprint density at radius 1 is 1.00 bits per heavy atom. The van der Waals surface area contributed by atoms with Gasteiger partial charge in [0.2, 0.25) is 5.91 Å². The van der Waals surface area contributed by atoms with Crippen molar-refractivity contribution in [3.63, 3.8) is 0 Å². The van der Waals surface area contributed by atoms with Crippen molar-refractivity contribution in [2.75, 3.05) is 13.2 Å². The van der Waals surface area contributed by atoms with Gasteiger partial charge in [0.1, 0.15) is 0 Å². The number of nitrogens with zero attached hydrogens (tertiary/aromatic N) is 1. The van der Waals surface area contributed by atoms with Crippen LogP contribution in [0.2, 0.25) is 0 Å². The van der Waals surface area contributed by atoms with Gasteiger partial charge in [0.25, 0.3) is 5.91 Å². The van der Waals surface area contributed by atoms with Crippen LogP contribution in [0.3, 0.4) is 0 Å². The average molecular weight is 386 g/mol. The number of nitrogens with one attached hydrogen (secondary N) is 1. The summed E-state index contributed by atoms with van der Waals surface area (Å²) in [4.78, 5) is 37.8. The molecule has 1 aliphatic heterocycles. The first-order valence-electron chi connectivity index (χ1n) is 10.4. The second-order valence-electron chi connectivity index (χ2n) is 7.80. The molecule has 0 radical (unpaired) electrons. The SMILES string of the molecule is O=C(COC(=O)c1ccc(CN2CCCC2=O)cc1)NC1CCCCCCC1. The third kappa shape index (κ3) is 6.08. The minimum Gasteiger partial charge on any atom is -0.452 e. The maximum atomic E-state index is 12.2. The highest BCUT2D eigenvalue weighted by Gasteiger charge is 2.20. The zero-order chi connectivity index (χ0) is 19.8. The summed E-state index contributed by atoms with van der Waals surface area (Å²) in [5, 5.41) is 2.99. The van der Waals surface area contributed by atoms with Crippen molar-refractivity contribution < 1.29 is 19.1 Å². The highest BCUT2D eigenvalue weighted by atomic mass is 16.5. The highest BCUT2D eigenvalue weighted by molar-refractivity contribution is 5.91. The monoisotopic (exact) mass is 386 g/mol. The molecule has 1 saturated heterocycles. The van der Waals surface area contributed by atoms with Crippen molar-refractivity contribution in [3.8, 4) is 0 Å². The van der Waals surface area contributed by atoms with Crippen LogP contribution in [0.5, 0.6) is 0 Å². The molecule has 3 rings (SSSR count). The third-order valence-electron chi connectivity index (χ3n) is 5.54. The quantitative estimate of drug-likeness (QED) is 0.762. The Balaban J connectivity index is 1.42. The van der Waals surface area contributed by atoms with Gasteiger partial charge in [0.15, 0.2) is 6.61 Å². The van der Waals surface area contributed by atoms with Crippen molar-refractivity contribution in [3.05, 3.63) is 35.4 Å². The minimum absolute atomic E-state index is 0.179. The number of carbonyl (C=O) groups is 3. The molecular formula is C22H30N2O4. The number of esters is 1. The molecule has 0 unspecified atom stereocenters. The molecule has 2 aliphatic rings. The smallest absolute Gasteiger partial charge is 0.338 e. The number of likely N-dealkylation sites (tertiary alicyclic amines) is 1. The van der Waals surface area contributed by atoms with Gasteiger partial charge in [-0.05, 0) is 37.0 Å². The van der Waals surface area contributed by atoms with E-state index >= 15 is 0 Å². The summed E-state index contributed by atoms with van der Waals surface area (Å²) in [5.74, 6) is -0.557. The van der Waals surface area contributed by atoms with E-state index in [2.05, 4.69) is 5.32 Å². The zero-order valence-electron chi connectivity index (χ0n) is 16.5. The molecule has 0 aromatic heterocycles. The van der Waals surface area contributed by atoms with Crippen LogP contribution in [0.15, 0.2) is 24.3 Å². The molecule has 28 heavy (non-hydrogen) atoms. The van der Waals surface area contributed by atoms with Crippen LogP contribution in [0.1, 0.15) is 73.7 Å². The summed E-state index contributed by atoms with van der Waals surface area (Å²) in [5.41, 5.74) is 1.39. The lowest BCUT2D eigenvalue weighted by atomic mass is 9.97. The lowest BCUT2D eigenvalue weighted by molar-refractivity contribution is -0.128. The molecule has 1 aromatic carbocycles. The summed E-state index contributed by atoms with van der Waals surface area (Å²) in [7, 11) is 0. The fourth-order valence-electron chi connectivity index (χ4n) is 3.92. The second kappa shape index (κ2) is 10.2. The first kappa shape index (κ1) is 20.4. The lowest BCUT2D eigenvalue weighted by Crippen LogP contribution is -2.38. The Morgan fingerprint density at radius 3 is 2.32 bits per heavy atom. The lowest BCUT2D eigenvalue weighted by Gasteiger charge is -2.20. The van der Waals surface area contributed by atoms with E-state index in [1.807, 2.05) is 17.0 Å². The maximum Gasteiger partial charge on any atom is 0.338 e. The predicted octanol–water partition coefficient (Wildman–Crippen LogP) is 3.19. The van der Waals surface area contributed by atoms with Crippen molar-refractivity contribution in [1.29, 1.82) is 0 Å². The molecule has 1 saturated carbocycles. The minimum atomic E-state index is -0.503. The van der Waals surface area contributed by atoms with Gasteiger partial charge in [0, 0.05) is 25.6 Å². The van der Waals surface area contributed by atoms with Crippen molar-refractivity contribution in [1.82, 2.24) is 10.2 Å². The van der Waals surface area contributed by atoms with E-state index in [1.54, 1.807) is 12.1 Å². The second-order valence-corrected chi connectivity index (χ2v) is 7.80. The number of hydrogen-bond donors (Lipinski definition) is 1. The van der Waals surface area contributed by atoms with E-state index in [-0.39, 0.29) is 24.5 Å². The molecule has 1 heterocycles. The standard InChI is InChI=1S/C22H30N2O4/c25-20(23-19-7-4-2-1-3-5-8-19)16-28-22(27)18-12-10-17(11-13-18)15-24-14-6-9-21(24)26/h10-13,19H,1-9,14-16H2,(H,23,25).